The van der Waals surface area contributed by atoms with Gasteiger partial charge >= 0.3 is 0 Å². The largest absolute Gasteiger partial charge is 0.293 e. The molecule has 0 N–H and O–H groups in total. The summed E-state index contributed by atoms with van der Waals surface area (Å²) in [5, 5.41) is 2.06. The molecule has 4 rings (SSSR count). The molecule has 0 amide bonds. The second kappa shape index (κ2) is 8.39. The number of hydrogen-bond acceptors (Lipinski definition) is 5. The summed E-state index contributed by atoms with van der Waals surface area (Å²) in [7, 11) is 0. The van der Waals surface area contributed by atoms with Crippen LogP contribution in [-0.2, 0) is 19.4 Å². The number of rotatable bonds is 7. The van der Waals surface area contributed by atoms with E-state index in [1.807, 2.05) is 0 Å². The van der Waals surface area contributed by atoms with Crippen LogP contribution < -0.4 is 5.56 Å². The summed E-state index contributed by atoms with van der Waals surface area (Å²) < 4.78 is 1.77. The van der Waals surface area contributed by atoms with Crippen molar-refractivity contribution in [1.29, 1.82) is 0 Å². The zero-order valence-corrected chi connectivity index (χ0v) is 18.1. The average molecular weight is 433 g/mol. The van der Waals surface area contributed by atoms with Crippen molar-refractivity contribution in [3.8, 4) is 0 Å². The number of halogens is 1. The summed E-state index contributed by atoms with van der Waals surface area (Å²) in [4.78, 5) is 32.7. The summed E-state index contributed by atoms with van der Waals surface area (Å²) >= 11 is 8.89. The molecule has 28 heavy (non-hydrogen) atoms. The number of Topliss-reactive ketones (excluding diaryl/α,β-unsaturated/α-hetero) is 1. The molecule has 1 aliphatic carbocycles. The molecule has 0 fully saturated rings. The van der Waals surface area contributed by atoms with Crippen LogP contribution in [0.1, 0.15) is 47.0 Å². The van der Waals surface area contributed by atoms with E-state index in [1.54, 1.807) is 40.2 Å². The zero-order chi connectivity index (χ0) is 19.7. The van der Waals surface area contributed by atoms with Gasteiger partial charge in [0.05, 0.1) is 11.1 Å². The van der Waals surface area contributed by atoms with Crippen LogP contribution in [0, 0.1) is 0 Å². The topological polar surface area (TPSA) is 52.0 Å². The second-order valence-corrected chi connectivity index (χ2v) is 9.42. The number of aromatic nitrogens is 2. The van der Waals surface area contributed by atoms with E-state index in [0.29, 0.717) is 22.3 Å². The fourth-order valence-corrected chi connectivity index (χ4v) is 5.88. The highest BCUT2D eigenvalue weighted by molar-refractivity contribution is 7.99. The van der Waals surface area contributed by atoms with E-state index >= 15 is 0 Å². The van der Waals surface area contributed by atoms with Crippen molar-refractivity contribution >= 4 is 50.7 Å². The molecule has 1 aromatic carbocycles. The number of ketones is 1. The first kappa shape index (κ1) is 19.7. The van der Waals surface area contributed by atoms with Gasteiger partial charge in [-0.1, -0.05) is 36.7 Å². The lowest BCUT2D eigenvalue weighted by Crippen LogP contribution is -2.24. The third-order valence-electron chi connectivity index (χ3n) is 5.02. The Kier molecular flexibility index (Phi) is 5.90. The van der Waals surface area contributed by atoms with Crippen LogP contribution in [0.3, 0.4) is 0 Å². The van der Waals surface area contributed by atoms with Gasteiger partial charge in [0.2, 0.25) is 0 Å². The normalized spacial score (nSPS) is 13.2. The highest BCUT2D eigenvalue weighted by atomic mass is 35.5. The summed E-state index contributed by atoms with van der Waals surface area (Å²) in [5.74, 6) is 0.253. The predicted octanol–water partition coefficient (Wildman–Crippen LogP) is 5.38. The Bertz CT molecular complexity index is 1090. The number of unbranched alkanes of at least 4 members (excludes halogenated alkanes) is 1. The van der Waals surface area contributed by atoms with Gasteiger partial charge in [-0.15, -0.1) is 11.3 Å². The minimum absolute atomic E-state index is 0.00623. The Morgan fingerprint density at radius 2 is 2.07 bits per heavy atom. The van der Waals surface area contributed by atoms with Crippen LogP contribution in [0.15, 0.2) is 34.2 Å². The van der Waals surface area contributed by atoms with Crippen molar-refractivity contribution in [2.75, 3.05) is 5.75 Å². The molecule has 0 atom stereocenters. The Hall–Kier alpha value is -1.63. The maximum absolute atomic E-state index is 13.2. The van der Waals surface area contributed by atoms with Gasteiger partial charge in [-0.05, 0) is 55.5 Å². The lowest BCUT2D eigenvalue weighted by Gasteiger charge is -2.12. The molecule has 0 radical (unpaired) electrons. The van der Waals surface area contributed by atoms with Crippen LogP contribution in [0.5, 0.6) is 0 Å². The molecule has 1 aliphatic rings. The molecule has 2 aromatic heterocycles. The summed E-state index contributed by atoms with van der Waals surface area (Å²) in [6, 6.07) is 6.90. The molecular formula is C21H21ClN2O2S2. The predicted molar refractivity (Wildman–Crippen MR) is 117 cm³/mol. The number of fused-ring (bicyclic) bond motifs is 3. The minimum atomic E-state index is 0.00623. The molecule has 3 aromatic rings. The van der Waals surface area contributed by atoms with E-state index < -0.39 is 0 Å². The number of carbonyl (C=O) groups excluding carboxylic acids is 1. The van der Waals surface area contributed by atoms with Gasteiger partial charge < -0.3 is 0 Å². The van der Waals surface area contributed by atoms with Crippen molar-refractivity contribution in [2.45, 2.75) is 50.7 Å². The van der Waals surface area contributed by atoms with Crippen LogP contribution in [0.2, 0.25) is 5.02 Å². The number of thiophene rings is 1. The summed E-state index contributed by atoms with van der Waals surface area (Å²) in [5.41, 5.74) is 1.88. The van der Waals surface area contributed by atoms with E-state index in [-0.39, 0.29) is 17.1 Å². The Balaban J connectivity index is 1.66. The maximum Gasteiger partial charge on any atom is 0.263 e. The van der Waals surface area contributed by atoms with E-state index in [2.05, 4.69) is 6.92 Å². The van der Waals surface area contributed by atoms with Crippen molar-refractivity contribution in [2.24, 2.45) is 0 Å². The van der Waals surface area contributed by atoms with Crippen molar-refractivity contribution in [3.05, 3.63) is 55.6 Å². The van der Waals surface area contributed by atoms with Gasteiger partial charge in [0.25, 0.3) is 5.56 Å². The number of aryl methyl sites for hydroxylation is 2. The number of carbonyl (C=O) groups is 1. The van der Waals surface area contributed by atoms with E-state index in [4.69, 9.17) is 16.6 Å². The van der Waals surface area contributed by atoms with Gasteiger partial charge in [-0.3, -0.25) is 14.2 Å². The number of nitrogens with zero attached hydrogens (tertiary/aromatic N) is 2. The zero-order valence-electron chi connectivity index (χ0n) is 15.7. The Morgan fingerprint density at radius 3 is 2.82 bits per heavy atom. The average Bonchev–Trinajstić information content (AvgIpc) is 3.27. The molecule has 7 heteroatoms. The van der Waals surface area contributed by atoms with Crippen LogP contribution in [0.4, 0.5) is 0 Å². The molecule has 0 aliphatic heterocycles. The molecule has 0 spiro atoms. The second-order valence-electron chi connectivity index (χ2n) is 6.96. The van der Waals surface area contributed by atoms with Gasteiger partial charge in [0.15, 0.2) is 10.9 Å². The first-order valence-electron chi connectivity index (χ1n) is 9.55. The van der Waals surface area contributed by atoms with Crippen molar-refractivity contribution < 1.29 is 4.79 Å². The smallest absolute Gasteiger partial charge is 0.263 e. The first-order chi connectivity index (χ1) is 13.6. The highest BCUT2D eigenvalue weighted by Gasteiger charge is 2.23. The first-order valence-corrected chi connectivity index (χ1v) is 11.7. The van der Waals surface area contributed by atoms with Gasteiger partial charge in [-0.2, -0.15) is 0 Å². The number of hydrogen-bond donors (Lipinski definition) is 0. The third-order valence-corrected chi connectivity index (χ3v) is 7.44. The maximum atomic E-state index is 13.2. The third kappa shape index (κ3) is 3.78. The van der Waals surface area contributed by atoms with Gasteiger partial charge in [0.1, 0.15) is 4.83 Å². The lowest BCUT2D eigenvalue weighted by atomic mass is 10.1. The van der Waals surface area contributed by atoms with E-state index in [1.165, 1.54) is 22.2 Å². The SMILES string of the molecule is CCCCn1c(SCC(=O)c2ccc(Cl)cc2)nc2sc3c(c2c1=O)CCC3. The molecule has 4 nitrogen and oxygen atoms in total. The van der Waals surface area contributed by atoms with Crippen LogP contribution in [0.25, 0.3) is 10.2 Å². The summed E-state index contributed by atoms with van der Waals surface area (Å²) in [6.07, 6.45) is 5.06. The molecule has 0 unspecified atom stereocenters. The van der Waals surface area contributed by atoms with Crippen LogP contribution in [-0.4, -0.2) is 21.1 Å². The Labute approximate surface area is 176 Å². The number of benzene rings is 1. The van der Waals surface area contributed by atoms with Crippen molar-refractivity contribution in [1.82, 2.24) is 9.55 Å². The molecule has 2 heterocycles. The van der Waals surface area contributed by atoms with Gasteiger partial charge in [-0.25, -0.2) is 4.98 Å². The molecule has 146 valence electrons. The van der Waals surface area contributed by atoms with Crippen LogP contribution >= 0.6 is 34.7 Å². The van der Waals surface area contributed by atoms with Gasteiger partial charge in [0, 0.05) is 22.0 Å². The Morgan fingerprint density at radius 1 is 1.29 bits per heavy atom. The highest BCUT2D eigenvalue weighted by Crippen LogP contribution is 2.35. The minimum Gasteiger partial charge on any atom is -0.293 e. The van der Waals surface area contributed by atoms with E-state index in [0.717, 1.165) is 42.3 Å². The fourth-order valence-electron chi connectivity index (χ4n) is 3.53. The van der Waals surface area contributed by atoms with Crippen molar-refractivity contribution in [3.63, 3.8) is 0 Å². The monoisotopic (exact) mass is 432 g/mol. The molecule has 0 bridgehead atoms. The molecule has 0 saturated heterocycles. The fraction of sp³-hybridized carbons (Fsp3) is 0.381. The quantitative estimate of drug-likeness (QED) is 0.286. The standard InChI is InChI=1S/C21H21ClN2O2S2/c1-2-3-11-24-20(26)18-15-5-4-6-17(15)28-19(18)23-21(24)27-12-16(25)13-7-9-14(22)10-8-13/h7-10H,2-6,11-12H2,1H3. The lowest BCUT2D eigenvalue weighted by molar-refractivity contribution is 0.102. The molecular weight excluding hydrogens is 412 g/mol. The summed E-state index contributed by atoms with van der Waals surface area (Å²) in [6.45, 7) is 2.75. The molecule has 0 saturated carbocycles. The van der Waals surface area contributed by atoms with E-state index in [9.17, 15) is 9.59 Å². The number of thioether (sulfide) groups is 1.